The zero-order valence-electron chi connectivity index (χ0n) is 9.94. The van der Waals surface area contributed by atoms with Gasteiger partial charge in [-0.05, 0) is 6.92 Å². The van der Waals surface area contributed by atoms with Gasteiger partial charge in [-0.15, -0.1) is 11.3 Å². The summed E-state index contributed by atoms with van der Waals surface area (Å²) in [6.45, 7) is 7.12. The fourth-order valence-corrected chi connectivity index (χ4v) is 2.46. The molecule has 2 rings (SSSR count). The topological polar surface area (TPSA) is 54.5 Å². The monoisotopic (exact) mass is 255 g/mol. The van der Waals surface area contributed by atoms with E-state index in [-0.39, 0.29) is 5.97 Å². The van der Waals surface area contributed by atoms with Crippen LogP contribution in [0, 0.1) is 0 Å². The molecule has 1 aliphatic heterocycles. The van der Waals surface area contributed by atoms with Crippen LogP contribution in [0.1, 0.15) is 22.4 Å². The normalized spacial score (nSPS) is 17.0. The summed E-state index contributed by atoms with van der Waals surface area (Å²) < 4.78 is 4.92. The predicted octanol–water partition coefficient (Wildman–Crippen LogP) is 0.725. The molecule has 0 spiro atoms. The molecule has 17 heavy (non-hydrogen) atoms. The van der Waals surface area contributed by atoms with Crippen LogP contribution in [-0.4, -0.2) is 48.6 Å². The van der Waals surface area contributed by atoms with Crippen molar-refractivity contribution in [2.75, 3.05) is 32.8 Å². The summed E-state index contributed by atoms with van der Waals surface area (Å²) in [7, 11) is 0. The first kappa shape index (κ1) is 12.5. The van der Waals surface area contributed by atoms with Gasteiger partial charge < -0.3 is 10.1 Å². The highest BCUT2D eigenvalue weighted by molar-refractivity contribution is 7.11. The third-order valence-electron chi connectivity index (χ3n) is 2.60. The van der Waals surface area contributed by atoms with Gasteiger partial charge in [-0.3, -0.25) is 4.90 Å². The molecule has 1 aliphatic rings. The summed E-state index contributed by atoms with van der Waals surface area (Å²) in [6.07, 6.45) is 0. The summed E-state index contributed by atoms with van der Waals surface area (Å²) in [5.74, 6) is -0.316. The molecule has 1 N–H and O–H groups in total. The van der Waals surface area contributed by atoms with Crippen LogP contribution >= 0.6 is 11.3 Å². The van der Waals surface area contributed by atoms with Crippen LogP contribution in [-0.2, 0) is 11.3 Å². The molecule has 1 aromatic heterocycles. The van der Waals surface area contributed by atoms with Gasteiger partial charge >= 0.3 is 5.97 Å². The molecule has 2 heterocycles. The Hall–Kier alpha value is -0.980. The lowest BCUT2D eigenvalue weighted by Gasteiger charge is -2.26. The Labute approximate surface area is 105 Å². The number of nitrogens with one attached hydrogen (secondary N) is 1. The van der Waals surface area contributed by atoms with Crippen LogP contribution in [0.15, 0.2) is 5.38 Å². The third kappa shape index (κ3) is 3.49. The maximum absolute atomic E-state index is 11.5. The van der Waals surface area contributed by atoms with Crippen LogP contribution in [0.5, 0.6) is 0 Å². The van der Waals surface area contributed by atoms with Crippen molar-refractivity contribution >= 4 is 17.3 Å². The van der Waals surface area contributed by atoms with Crippen LogP contribution in [0.4, 0.5) is 0 Å². The number of rotatable bonds is 4. The molecule has 0 aliphatic carbocycles. The molecule has 0 saturated carbocycles. The van der Waals surface area contributed by atoms with Crippen LogP contribution in [0.25, 0.3) is 0 Å². The highest BCUT2D eigenvalue weighted by Gasteiger charge is 2.15. The standard InChI is InChI=1S/C11H17N3O2S/c1-2-16-11(15)10-13-9(8-17-10)7-14-5-3-12-4-6-14/h8,12H,2-7H2,1H3. The van der Waals surface area contributed by atoms with Crippen LogP contribution < -0.4 is 5.32 Å². The first-order valence-corrected chi connectivity index (χ1v) is 6.72. The summed E-state index contributed by atoms with van der Waals surface area (Å²) in [4.78, 5) is 18.1. The molecule has 1 fully saturated rings. The number of piperazine rings is 1. The minimum Gasteiger partial charge on any atom is -0.461 e. The minimum absolute atomic E-state index is 0.316. The molecule has 0 unspecified atom stereocenters. The Kier molecular flexibility index (Phi) is 4.47. The Morgan fingerprint density at radius 3 is 3.06 bits per heavy atom. The number of nitrogens with zero attached hydrogens (tertiary/aromatic N) is 2. The number of aromatic nitrogens is 1. The number of thiazole rings is 1. The maximum Gasteiger partial charge on any atom is 0.367 e. The van der Waals surface area contributed by atoms with E-state index < -0.39 is 0 Å². The quantitative estimate of drug-likeness (QED) is 0.804. The van der Waals surface area contributed by atoms with Crippen LogP contribution in [0.3, 0.4) is 0 Å². The summed E-state index contributed by atoms with van der Waals surface area (Å²) in [5, 5.41) is 5.70. The van der Waals surface area contributed by atoms with Crippen molar-refractivity contribution in [1.29, 1.82) is 0 Å². The molecule has 1 saturated heterocycles. The number of carbonyl (C=O) groups excluding carboxylic acids is 1. The number of ether oxygens (including phenoxy) is 1. The van der Waals surface area contributed by atoms with Gasteiger partial charge in [0, 0.05) is 38.1 Å². The zero-order valence-corrected chi connectivity index (χ0v) is 10.8. The molecule has 94 valence electrons. The third-order valence-corrected chi connectivity index (χ3v) is 3.47. The first-order chi connectivity index (χ1) is 8.29. The van der Waals surface area contributed by atoms with Crippen molar-refractivity contribution in [2.45, 2.75) is 13.5 Å². The molecule has 0 radical (unpaired) electrons. The summed E-state index contributed by atoms with van der Waals surface area (Å²) in [5.41, 5.74) is 0.958. The van der Waals surface area contributed by atoms with Gasteiger partial charge in [0.2, 0.25) is 5.01 Å². The second kappa shape index (κ2) is 6.09. The van der Waals surface area contributed by atoms with Crippen molar-refractivity contribution in [3.05, 3.63) is 16.1 Å². The average Bonchev–Trinajstić information content (AvgIpc) is 2.79. The largest absolute Gasteiger partial charge is 0.461 e. The second-order valence-electron chi connectivity index (χ2n) is 3.89. The molecule has 0 atom stereocenters. The van der Waals surface area contributed by atoms with Crippen molar-refractivity contribution in [2.24, 2.45) is 0 Å². The lowest BCUT2D eigenvalue weighted by molar-refractivity contribution is 0.0525. The smallest absolute Gasteiger partial charge is 0.367 e. The number of esters is 1. The fourth-order valence-electron chi connectivity index (χ4n) is 1.76. The molecule has 0 amide bonds. The van der Waals surface area contributed by atoms with Crippen molar-refractivity contribution in [3.8, 4) is 0 Å². The van der Waals surface area contributed by atoms with E-state index in [1.54, 1.807) is 6.92 Å². The predicted molar refractivity (Wildman–Crippen MR) is 66.2 cm³/mol. The fraction of sp³-hybridized carbons (Fsp3) is 0.636. The van der Waals surface area contributed by atoms with E-state index in [9.17, 15) is 4.79 Å². The first-order valence-electron chi connectivity index (χ1n) is 5.84. The second-order valence-corrected chi connectivity index (χ2v) is 4.75. The molecule has 6 heteroatoms. The number of carbonyl (C=O) groups is 1. The summed E-state index contributed by atoms with van der Waals surface area (Å²) in [6, 6.07) is 0. The summed E-state index contributed by atoms with van der Waals surface area (Å²) >= 11 is 1.36. The van der Waals surface area contributed by atoms with Gasteiger partial charge in [0.05, 0.1) is 12.3 Å². The van der Waals surface area contributed by atoms with E-state index in [0.717, 1.165) is 38.4 Å². The molecule has 5 nitrogen and oxygen atoms in total. The van der Waals surface area contributed by atoms with Gasteiger partial charge in [0.1, 0.15) is 0 Å². The lowest BCUT2D eigenvalue weighted by Crippen LogP contribution is -2.42. The van der Waals surface area contributed by atoms with E-state index in [1.165, 1.54) is 11.3 Å². The van der Waals surface area contributed by atoms with E-state index in [2.05, 4.69) is 15.2 Å². The minimum atomic E-state index is -0.316. The SMILES string of the molecule is CCOC(=O)c1nc(CN2CCNCC2)cs1. The zero-order chi connectivity index (χ0) is 12.1. The van der Waals surface area contributed by atoms with Crippen molar-refractivity contribution < 1.29 is 9.53 Å². The van der Waals surface area contributed by atoms with E-state index in [4.69, 9.17) is 4.74 Å². The molecule has 1 aromatic rings. The van der Waals surface area contributed by atoms with Crippen molar-refractivity contribution in [3.63, 3.8) is 0 Å². The Bertz CT molecular complexity index is 375. The molecule has 0 bridgehead atoms. The van der Waals surface area contributed by atoms with Gasteiger partial charge in [0.15, 0.2) is 0 Å². The molecular weight excluding hydrogens is 238 g/mol. The Balaban J connectivity index is 1.91. The van der Waals surface area contributed by atoms with Gasteiger partial charge in [0.25, 0.3) is 0 Å². The number of hydrogen-bond donors (Lipinski definition) is 1. The van der Waals surface area contributed by atoms with Crippen LogP contribution in [0.2, 0.25) is 0 Å². The maximum atomic E-state index is 11.5. The Morgan fingerprint density at radius 1 is 1.59 bits per heavy atom. The van der Waals surface area contributed by atoms with Gasteiger partial charge in [-0.1, -0.05) is 0 Å². The van der Waals surface area contributed by atoms with E-state index >= 15 is 0 Å². The molecular formula is C11H17N3O2S. The highest BCUT2D eigenvalue weighted by atomic mass is 32.1. The van der Waals surface area contributed by atoms with Gasteiger partial charge in [-0.2, -0.15) is 0 Å². The average molecular weight is 255 g/mol. The Morgan fingerprint density at radius 2 is 2.35 bits per heavy atom. The molecule has 0 aromatic carbocycles. The van der Waals surface area contributed by atoms with Gasteiger partial charge in [-0.25, -0.2) is 9.78 Å². The highest BCUT2D eigenvalue weighted by Crippen LogP contribution is 2.13. The lowest BCUT2D eigenvalue weighted by atomic mass is 10.3. The van der Waals surface area contributed by atoms with Crippen molar-refractivity contribution in [1.82, 2.24) is 15.2 Å². The van der Waals surface area contributed by atoms with E-state index in [1.807, 2.05) is 5.38 Å². The van der Waals surface area contributed by atoms with E-state index in [0.29, 0.717) is 11.6 Å². The number of hydrogen-bond acceptors (Lipinski definition) is 6.